The largest absolute Gasteiger partial charge is 0.444 e. The second-order valence-electron chi connectivity index (χ2n) is 6.96. The molecule has 2 aliphatic rings. The van der Waals surface area contributed by atoms with Crippen LogP contribution in [0.3, 0.4) is 0 Å². The highest BCUT2D eigenvalue weighted by molar-refractivity contribution is 5.68. The molecule has 3 nitrogen and oxygen atoms in total. The number of ether oxygens (including phenoxy) is 1. The van der Waals surface area contributed by atoms with Crippen molar-refractivity contribution in [3.63, 3.8) is 0 Å². The summed E-state index contributed by atoms with van der Waals surface area (Å²) in [7, 11) is 0. The molecule has 1 aliphatic heterocycles. The molecule has 0 unspecified atom stereocenters. The number of nitrogens with zero attached hydrogens (tertiary/aromatic N) is 1. The Labute approximate surface area is 111 Å². The Morgan fingerprint density at radius 1 is 1.17 bits per heavy atom. The number of carbonyl (C=O) groups is 1. The van der Waals surface area contributed by atoms with Crippen LogP contribution >= 0.6 is 0 Å². The molecule has 2 fully saturated rings. The molecule has 0 bridgehead atoms. The summed E-state index contributed by atoms with van der Waals surface area (Å²) in [5, 5.41) is 0. The van der Waals surface area contributed by atoms with E-state index in [-0.39, 0.29) is 11.7 Å². The van der Waals surface area contributed by atoms with Gasteiger partial charge in [-0.3, -0.25) is 0 Å². The first kappa shape index (κ1) is 13.7. The van der Waals surface area contributed by atoms with Gasteiger partial charge in [0.25, 0.3) is 0 Å². The highest BCUT2D eigenvalue weighted by Gasteiger charge is 2.40. The molecule has 18 heavy (non-hydrogen) atoms. The number of amides is 1. The van der Waals surface area contributed by atoms with E-state index >= 15 is 0 Å². The minimum absolute atomic E-state index is 0.105. The molecule has 0 spiro atoms. The number of likely N-dealkylation sites (tertiary alicyclic amines) is 1. The monoisotopic (exact) mass is 253 g/mol. The lowest BCUT2D eigenvalue weighted by Crippen LogP contribution is -2.52. The molecule has 1 amide bonds. The summed E-state index contributed by atoms with van der Waals surface area (Å²) in [4.78, 5) is 14.3. The predicted molar refractivity (Wildman–Crippen MR) is 72.5 cm³/mol. The van der Waals surface area contributed by atoms with Crippen LogP contribution in [0.4, 0.5) is 4.79 Å². The maximum Gasteiger partial charge on any atom is 0.410 e. The molecule has 3 atom stereocenters. The van der Waals surface area contributed by atoms with E-state index in [1.165, 1.54) is 19.3 Å². The summed E-state index contributed by atoms with van der Waals surface area (Å²) in [6.45, 7) is 9.04. The van der Waals surface area contributed by atoms with Gasteiger partial charge in [0.15, 0.2) is 0 Å². The molecule has 1 heterocycles. The van der Waals surface area contributed by atoms with Crippen LogP contribution in [0.1, 0.15) is 59.8 Å². The Bertz CT molecular complexity index is 308. The molecule has 0 aromatic carbocycles. The maximum absolute atomic E-state index is 12.3. The molecule has 104 valence electrons. The molecular weight excluding hydrogens is 226 g/mol. The summed E-state index contributed by atoms with van der Waals surface area (Å²) < 4.78 is 5.55. The fraction of sp³-hybridized carbons (Fsp3) is 0.933. The Morgan fingerprint density at radius 2 is 1.89 bits per heavy atom. The normalized spacial score (nSPS) is 32.9. The second-order valence-corrected chi connectivity index (χ2v) is 6.96. The molecular formula is C15H27NO2. The van der Waals surface area contributed by atoms with Crippen molar-refractivity contribution >= 4 is 6.09 Å². The van der Waals surface area contributed by atoms with Gasteiger partial charge in [0, 0.05) is 12.6 Å². The van der Waals surface area contributed by atoms with Crippen molar-refractivity contribution in [1.29, 1.82) is 0 Å². The van der Waals surface area contributed by atoms with Gasteiger partial charge >= 0.3 is 6.09 Å². The van der Waals surface area contributed by atoms with Gasteiger partial charge in [-0.15, -0.1) is 0 Å². The predicted octanol–water partition coefficient (Wildman–Crippen LogP) is 3.82. The number of rotatable bonds is 0. The van der Waals surface area contributed by atoms with Gasteiger partial charge in [0.2, 0.25) is 0 Å². The molecule has 0 radical (unpaired) electrons. The van der Waals surface area contributed by atoms with Crippen molar-refractivity contribution < 1.29 is 9.53 Å². The lowest BCUT2D eigenvalue weighted by Gasteiger charge is -2.46. The molecule has 0 aromatic rings. The molecule has 0 aromatic heterocycles. The Morgan fingerprint density at radius 3 is 2.56 bits per heavy atom. The number of hydrogen-bond acceptors (Lipinski definition) is 2. The summed E-state index contributed by atoms with van der Waals surface area (Å²) in [6.07, 6.45) is 6.04. The smallest absolute Gasteiger partial charge is 0.410 e. The molecule has 3 heteroatoms. The van der Waals surface area contributed by atoms with Gasteiger partial charge in [0.1, 0.15) is 5.60 Å². The number of fused-ring (bicyclic) bond motifs is 1. The lowest BCUT2D eigenvalue weighted by molar-refractivity contribution is -0.0161. The van der Waals surface area contributed by atoms with Gasteiger partial charge in [-0.05, 0) is 51.9 Å². The fourth-order valence-electron chi connectivity index (χ4n) is 3.53. The minimum Gasteiger partial charge on any atom is -0.444 e. The van der Waals surface area contributed by atoms with Crippen LogP contribution in [-0.2, 0) is 4.74 Å². The van der Waals surface area contributed by atoms with Crippen LogP contribution < -0.4 is 0 Å². The maximum atomic E-state index is 12.3. The van der Waals surface area contributed by atoms with E-state index in [9.17, 15) is 4.79 Å². The van der Waals surface area contributed by atoms with Crippen LogP contribution in [0.2, 0.25) is 0 Å². The Balaban J connectivity index is 2.05. The second kappa shape index (κ2) is 5.10. The molecule has 0 N–H and O–H groups in total. The highest BCUT2D eigenvalue weighted by Crippen LogP contribution is 2.39. The number of hydrogen-bond donors (Lipinski definition) is 0. The van der Waals surface area contributed by atoms with E-state index in [0.717, 1.165) is 25.3 Å². The van der Waals surface area contributed by atoms with Crippen LogP contribution in [0.15, 0.2) is 0 Å². The lowest BCUT2D eigenvalue weighted by atomic mass is 9.72. The average molecular weight is 253 g/mol. The van der Waals surface area contributed by atoms with Gasteiger partial charge in [-0.2, -0.15) is 0 Å². The SMILES string of the molecule is C[C@@H]1CCC[C@@H]2[C@H]1CCCN2C(=O)OC(C)(C)C. The molecule has 1 saturated heterocycles. The quantitative estimate of drug-likeness (QED) is 0.656. The van der Waals surface area contributed by atoms with E-state index in [1.54, 1.807) is 0 Å². The number of piperidine rings is 1. The Kier molecular flexibility index (Phi) is 3.88. The van der Waals surface area contributed by atoms with Gasteiger partial charge in [-0.25, -0.2) is 4.79 Å². The third kappa shape index (κ3) is 2.99. The first-order valence-electron chi connectivity index (χ1n) is 7.38. The van der Waals surface area contributed by atoms with Crippen LogP contribution in [0.5, 0.6) is 0 Å². The van der Waals surface area contributed by atoms with Crippen molar-refractivity contribution in [3.05, 3.63) is 0 Å². The van der Waals surface area contributed by atoms with E-state index in [2.05, 4.69) is 6.92 Å². The molecule has 1 aliphatic carbocycles. The zero-order valence-corrected chi connectivity index (χ0v) is 12.2. The number of carbonyl (C=O) groups excluding carboxylic acids is 1. The van der Waals surface area contributed by atoms with E-state index in [0.29, 0.717) is 12.0 Å². The van der Waals surface area contributed by atoms with E-state index in [4.69, 9.17) is 4.74 Å². The zero-order chi connectivity index (χ0) is 13.3. The Hall–Kier alpha value is -0.730. The molecule has 2 rings (SSSR count). The van der Waals surface area contributed by atoms with E-state index in [1.807, 2.05) is 25.7 Å². The van der Waals surface area contributed by atoms with Crippen LogP contribution in [0.25, 0.3) is 0 Å². The van der Waals surface area contributed by atoms with Gasteiger partial charge in [0.05, 0.1) is 0 Å². The van der Waals surface area contributed by atoms with Crippen molar-refractivity contribution in [2.75, 3.05) is 6.54 Å². The van der Waals surface area contributed by atoms with E-state index < -0.39 is 0 Å². The summed E-state index contributed by atoms with van der Waals surface area (Å²) >= 11 is 0. The summed E-state index contributed by atoms with van der Waals surface area (Å²) in [5.41, 5.74) is -0.385. The highest BCUT2D eigenvalue weighted by atomic mass is 16.6. The third-order valence-electron chi connectivity index (χ3n) is 4.35. The van der Waals surface area contributed by atoms with Crippen molar-refractivity contribution in [2.45, 2.75) is 71.4 Å². The molecule has 1 saturated carbocycles. The van der Waals surface area contributed by atoms with Crippen molar-refractivity contribution in [3.8, 4) is 0 Å². The topological polar surface area (TPSA) is 29.5 Å². The van der Waals surface area contributed by atoms with Crippen molar-refractivity contribution in [2.24, 2.45) is 11.8 Å². The van der Waals surface area contributed by atoms with Gasteiger partial charge < -0.3 is 9.64 Å². The summed E-state index contributed by atoms with van der Waals surface area (Å²) in [6, 6.07) is 0.428. The standard InChI is InChI=1S/C15H27NO2/c1-11-7-5-9-13-12(11)8-6-10-16(13)14(17)18-15(2,3)4/h11-13H,5-10H2,1-4H3/t11-,12+,13-/m1/s1. The minimum atomic E-state index is -0.385. The van der Waals surface area contributed by atoms with Crippen molar-refractivity contribution in [1.82, 2.24) is 4.90 Å². The summed E-state index contributed by atoms with van der Waals surface area (Å²) in [5.74, 6) is 1.45. The average Bonchev–Trinajstić information content (AvgIpc) is 2.26. The third-order valence-corrected chi connectivity index (χ3v) is 4.35. The van der Waals surface area contributed by atoms with Gasteiger partial charge in [-0.1, -0.05) is 19.8 Å². The first-order valence-corrected chi connectivity index (χ1v) is 7.38. The first-order chi connectivity index (χ1) is 8.38. The van der Waals surface area contributed by atoms with Crippen LogP contribution in [-0.4, -0.2) is 29.2 Å². The zero-order valence-electron chi connectivity index (χ0n) is 12.2. The fourth-order valence-corrected chi connectivity index (χ4v) is 3.53. The van der Waals surface area contributed by atoms with Crippen LogP contribution in [0, 0.1) is 11.8 Å².